The number of pyridine rings is 2. The van der Waals surface area contributed by atoms with E-state index in [4.69, 9.17) is 8.83 Å². The fourth-order valence-corrected chi connectivity index (χ4v) is 16.7. The minimum atomic E-state index is 0.676. The first kappa shape index (κ1) is 91.5. The number of fused-ring (bicyclic) bond motifs is 7. The fourth-order valence-electron chi connectivity index (χ4n) is 15.1. The van der Waals surface area contributed by atoms with Crippen LogP contribution in [0.25, 0.3) is 76.5 Å². The maximum atomic E-state index is 5.60. The van der Waals surface area contributed by atoms with Crippen LogP contribution in [0.2, 0.25) is 0 Å². The van der Waals surface area contributed by atoms with E-state index in [-0.39, 0.29) is 0 Å². The highest BCUT2D eigenvalue weighted by molar-refractivity contribution is 7.18. The zero-order valence-corrected chi connectivity index (χ0v) is 79.9. The number of nitrogens with zero attached hydrogens (tertiary/aromatic N) is 15. The van der Waals surface area contributed by atoms with Crippen LogP contribution >= 0.6 is 23.1 Å². The van der Waals surface area contributed by atoms with Crippen molar-refractivity contribution in [1.29, 1.82) is 0 Å². The molecular formula is C96H129N15O3S2. The van der Waals surface area contributed by atoms with Crippen molar-refractivity contribution < 1.29 is 13.5 Å². The Balaban J connectivity index is 0.000000165. The largest absolute Gasteiger partial charge is 0.441 e. The molecule has 20 heteroatoms. The molecule has 0 aliphatic carbocycles. The molecule has 0 aliphatic rings. The predicted molar refractivity (Wildman–Crippen MR) is 489 cm³/mol. The van der Waals surface area contributed by atoms with Gasteiger partial charge in [-0.2, -0.15) is 13.7 Å². The van der Waals surface area contributed by atoms with Gasteiger partial charge in [0.25, 0.3) is 0 Å². The Kier molecular flexibility index (Phi) is 28.6. The SMILES string of the molecule is Cc1c(C)c(C)c2c(c1C)c(C)c(C)n2C.Cc1c(C)c(C)c2c(nc(C)n2C)c1C.Cc1c(C)c(C)c2c(nc(C)n2C)c1C.Cc1nc2c(C)c(C)c(C)c(C)c2o1.Cc1nc2c(C)c(C)c(C)c(C)c2s1.Cc1nc2c(c(C)c1C)c(C)c(C)n2C.Cc1nc2nc(C)c(C)c(C)c2o1.Cc1nonc1C.Cc1nsnc1C. The van der Waals surface area contributed by atoms with Crippen molar-refractivity contribution in [2.75, 3.05) is 0 Å². The standard InChI is InChI=1S/C15H21N.3C13H18N2.C12H15NO.C12H15NS.C10H12N2O.C4H6N2O.C4H6N2S/c1-8-9(2)11(4)15-14(10(8)3)12(5)13(6)16(15)7;1-7-8(2)12-9(3)11(5)15(6)13(12)14-10(7)4;2*1-7-8(2)10(4)13-12(9(7)3)14-11(5)15(13)6;2*1-6-7(2)9(4)12-11(8(6)3)13-10(5)14-12;1-5-6(2)9-10(11-7(5)3)12-8(4)13-9;2*1-3-4(2)6-7-5-3/h1-7H3;3*1-6H3;2*1-5H3;1-4H3;2*1-2H3. The van der Waals surface area contributed by atoms with Gasteiger partial charge in [-0.05, 0) is 395 Å². The minimum Gasteiger partial charge on any atom is -0.441 e. The highest BCUT2D eigenvalue weighted by Gasteiger charge is 2.21. The number of hydrogen-bond acceptors (Lipinski definition) is 16. The topological polar surface area (TPSA) is 201 Å². The van der Waals surface area contributed by atoms with E-state index >= 15 is 0 Å². The molecule has 0 saturated carbocycles. The quantitative estimate of drug-likeness (QED) is 0.139. The molecule has 18 nitrogen and oxygen atoms in total. The summed E-state index contributed by atoms with van der Waals surface area (Å²) in [5.74, 6) is 3.59. The number of benzene rings is 5. The van der Waals surface area contributed by atoms with Crippen LogP contribution in [0.1, 0.15) is 219 Å². The van der Waals surface area contributed by atoms with Crippen molar-refractivity contribution in [3.8, 4) is 0 Å². The molecule has 16 aromatic rings. The zero-order chi connectivity index (χ0) is 87.2. The van der Waals surface area contributed by atoms with Gasteiger partial charge in [0.15, 0.2) is 28.6 Å². The third-order valence-corrected chi connectivity index (χ3v) is 27.8. The normalized spacial score (nSPS) is 11.1. The van der Waals surface area contributed by atoms with E-state index in [9.17, 15) is 0 Å². The van der Waals surface area contributed by atoms with Gasteiger partial charge in [0, 0.05) is 81.1 Å². The molecule has 0 unspecified atom stereocenters. The first-order chi connectivity index (χ1) is 54.0. The molecule has 0 amide bonds. The summed E-state index contributed by atoms with van der Waals surface area (Å²) in [4.78, 5) is 31.5. The third-order valence-electron chi connectivity index (χ3n) is 26.0. The smallest absolute Gasteiger partial charge is 0.199 e. The molecule has 11 heterocycles. The molecule has 0 saturated heterocycles. The van der Waals surface area contributed by atoms with Gasteiger partial charge in [0.05, 0.1) is 65.9 Å². The van der Waals surface area contributed by atoms with Crippen LogP contribution in [-0.4, -0.2) is 72.2 Å². The van der Waals surface area contributed by atoms with Gasteiger partial charge in [-0.15, -0.1) is 11.3 Å². The van der Waals surface area contributed by atoms with Gasteiger partial charge >= 0.3 is 0 Å². The molecule has 618 valence electrons. The number of thiazole rings is 1. The predicted octanol–water partition coefficient (Wildman–Crippen LogP) is 24.9. The highest BCUT2D eigenvalue weighted by Crippen LogP contribution is 2.38. The van der Waals surface area contributed by atoms with Crippen molar-refractivity contribution in [2.45, 2.75) is 270 Å². The van der Waals surface area contributed by atoms with Crippen LogP contribution in [0.3, 0.4) is 0 Å². The summed E-state index contributed by atoms with van der Waals surface area (Å²) < 4.78 is 33.6. The van der Waals surface area contributed by atoms with Gasteiger partial charge < -0.3 is 27.1 Å². The summed E-state index contributed by atoms with van der Waals surface area (Å²) in [5.41, 5.74) is 55.9. The zero-order valence-electron chi connectivity index (χ0n) is 78.2. The van der Waals surface area contributed by atoms with Crippen molar-refractivity contribution in [3.05, 3.63) is 219 Å². The lowest BCUT2D eigenvalue weighted by Crippen LogP contribution is -1.97. The molecule has 0 N–H and O–H groups in total. The summed E-state index contributed by atoms with van der Waals surface area (Å²) in [6.45, 7) is 82.5. The van der Waals surface area contributed by atoms with E-state index in [1.807, 2.05) is 55.4 Å². The molecular weight excluding hydrogens is 1480 g/mol. The molecule has 0 bridgehead atoms. The monoisotopic (exact) mass is 1600 g/mol. The van der Waals surface area contributed by atoms with Gasteiger partial charge in [-0.25, -0.2) is 34.5 Å². The van der Waals surface area contributed by atoms with E-state index in [1.54, 1.807) is 11.3 Å². The molecule has 16 rings (SSSR count). The van der Waals surface area contributed by atoms with E-state index < -0.39 is 0 Å². The number of imidazole rings is 2. The maximum Gasteiger partial charge on any atom is 0.199 e. The van der Waals surface area contributed by atoms with Crippen molar-refractivity contribution in [1.82, 2.24) is 72.2 Å². The van der Waals surface area contributed by atoms with E-state index in [2.05, 4.69) is 320 Å². The lowest BCUT2D eigenvalue weighted by atomic mass is 9.94. The van der Waals surface area contributed by atoms with Gasteiger partial charge in [-0.1, -0.05) is 10.3 Å². The molecule has 0 spiro atoms. The van der Waals surface area contributed by atoms with Crippen molar-refractivity contribution >= 4 is 99.6 Å². The number of hydrogen-bond donors (Lipinski definition) is 0. The average molecular weight is 1610 g/mol. The Labute approximate surface area is 697 Å². The summed E-state index contributed by atoms with van der Waals surface area (Å²) in [6, 6.07) is 0. The Morgan fingerprint density at radius 1 is 0.250 bits per heavy atom. The third kappa shape index (κ3) is 17.6. The van der Waals surface area contributed by atoms with Crippen LogP contribution in [0.4, 0.5) is 0 Å². The molecule has 0 atom stereocenters. The summed E-state index contributed by atoms with van der Waals surface area (Å²) in [7, 11) is 8.44. The number of oxazole rings is 2. The molecule has 5 aromatic carbocycles. The van der Waals surface area contributed by atoms with Crippen LogP contribution < -0.4 is 0 Å². The molecule has 116 heavy (non-hydrogen) atoms. The number of aromatic nitrogens is 15. The van der Waals surface area contributed by atoms with Gasteiger partial charge in [-0.3, -0.25) is 0 Å². The highest BCUT2D eigenvalue weighted by atomic mass is 32.1. The van der Waals surface area contributed by atoms with Crippen LogP contribution in [-0.2, 0) is 28.2 Å². The van der Waals surface area contributed by atoms with E-state index in [1.165, 1.54) is 200 Å². The minimum absolute atomic E-state index is 0.676. The molecule has 11 aromatic heterocycles. The first-order valence-electron chi connectivity index (χ1n) is 40.1. The van der Waals surface area contributed by atoms with E-state index in [0.717, 1.165) is 101 Å². The van der Waals surface area contributed by atoms with Crippen LogP contribution in [0.5, 0.6) is 0 Å². The van der Waals surface area contributed by atoms with Gasteiger partial charge in [0.2, 0.25) is 0 Å². The van der Waals surface area contributed by atoms with Crippen molar-refractivity contribution in [2.24, 2.45) is 28.2 Å². The summed E-state index contributed by atoms with van der Waals surface area (Å²) in [5, 5.41) is 11.0. The number of rotatable bonds is 0. The second-order valence-corrected chi connectivity index (χ2v) is 34.0. The fraction of sp³-hybridized carbons (Fsp3) is 0.448. The second kappa shape index (κ2) is 36.2. The van der Waals surface area contributed by atoms with Crippen molar-refractivity contribution in [3.63, 3.8) is 0 Å². The first-order valence-corrected chi connectivity index (χ1v) is 41.6. The Morgan fingerprint density at radius 2 is 0.612 bits per heavy atom. The summed E-state index contributed by atoms with van der Waals surface area (Å²) in [6.07, 6.45) is 0. The second-order valence-electron chi connectivity index (χ2n) is 32.3. The van der Waals surface area contributed by atoms with Crippen LogP contribution in [0.15, 0.2) is 13.5 Å². The van der Waals surface area contributed by atoms with Gasteiger partial charge in [0.1, 0.15) is 34.2 Å². The number of aryl methyl sites for hydroxylation is 29. The maximum absolute atomic E-state index is 5.60. The Bertz CT molecular complexity index is 6010. The molecule has 0 aliphatic heterocycles. The molecule has 0 radical (unpaired) electrons. The van der Waals surface area contributed by atoms with Crippen LogP contribution in [0, 0.1) is 270 Å². The summed E-state index contributed by atoms with van der Waals surface area (Å²) >= 11 is 3.07. The Hall–Kier alpha value is -10.0. The lowest BCUT2D eigenvalue weighted by Gasteiger charge is -2.12. The van der Waals surface area contributed by atoms with E-state index in [0.29, 0.717) is 5.89 Å². The lowest BCUT2D eigenvalue weighted by molar-refractivity contribution is 0.302. The molecule has 0 fully saturated rings. The Morgan fingerprint density at radius 3 is 1.07 bits per heavy atom. The average Bonchev–Trinajstić information content (AvgIpc) is 1.60.